The first-order chi connectivity index (χ1) is 10.1. The number of likely N-dealkylation sites (N-methyl/N-ethyl adjacent to an activating group) is 1. The molecule has 1 rings (SSSR count). The van der Waals surface area contributed by atoms with Crippen molar-refractivity contribution in [2.75, 3.05) is 58.9 Å². The van der Waals surface area contributed by atoms with Gasteiger partial charge in [-0.05, 0) is 27.4 Å². The highest BCUT2D eigenvalue weighted by atomic mass is 32.1. The Balaban J connectivity index is 2.62. The van der Waals surface area contributed by atoms with Crippen LogP contribution in [-0.2, 0) is 11.3 Å². The van der Waals surface area contributed by atoms with Crippen molar-refractivity contribution in [1.82, 2.24) is 15.2 Å². The molecule has 1 aromatic rings. The van der Waals surface area contributed by atoms with Crippen molar-refractivity contribution >= 4 is 16.5 Å². The Morgan fingerprint density at radius 2 is 2.00 bits per heavy atom. The number of ether oxygens (including phenoxy) is 1. The van der Waals surface area contributed by atoms with E-state index in [1.165, 1.54) is 4.88 Å². The lowest BCUT2D eigenvalue weighted by molar-refractivity contribution is 0.199. The van der Waals surface area contributed by atoms with Gasteiger partial charge in [0.1, 0.15) is 0 Å². The second-order valence-electron chi connectivity index (χ2n) is 5.46. The van der Waals surface area contributed by atoms with E-state index in [2.05, 4.69) is 43.1 Å². The quantitative estimate of drug-likeness (QED) is 0.632. The van der Waals surface area contributed by atoms with Crippen molar-refractivity contribution < 1.29 is 4.74 Å². The van der Waals surface area contributed by atoms with Gasteiger partial charge in [0.05, 0.1) is 12.3 Å². The van der Waals surface area contributed by atoms with Gasteiger partial charge in [-0.15, -0.1) is 11.3 Å². The van der Waals surface area contributed by atoms with Gasteiger partial charge in [0.2, 0.25) is 0 Å². The standard InChI is InChI=1S/C15H30N4OS/c1-6-8-19(10-9-18(3)4)15-17-13(2)14(21-15)12-16-7-11-20-5/h16H,6-12H2,1-5H3. The zero-order valence-corrected chi connectivity index (χ0v) is 14.9. The smallest absolute Gasteiger partial charge is 0.185 e. The number of thiazole rings is 1. The monoisotopic (exact) mass is 314 g/mol. The zero-order chi connectivity index (χ0) is 15.7. The molecule has 0 amide bonds. The fourth-order valence-electron chi connectivity index (χ4n) is 1.98. The Kier molecular flexibility index (Phi) is 8.84. The lowest BCUT2D eigenvalue weighted by Gasteiger charge is -2.23. The molecule has 1 aromatic heterocycles. The van der Waals surface area contributed by atoms with Gasteiger partial charge in [-0.2, -0.15) is 0 Å². The van der Waals surface area contributed by atoms with E-state index in [1.54, 1.807) is 7.11 Å². The van der Waals surface area contributed by atoms with Crippen LogP contribution in [0.5, 0.6) is 0 Å². The van der Waals surface area contributed by atoms with Gasteiger partial charge in [0, 0.05) is 44.7 Å². The molecule has 0 aliphatic carbocycles. The van der Waals surface area contributed by atoms with Gasteiger partial charge >= 0.3 is 0 Å². The number of anilines is 1. The third kappa shape index (κ3) is 6.74. The van der Waals surface area contributed by atoms with Crippen molar-refractivity contribution in [3.8, 4) is 0 Å². The van der Waals surface area contributed by atoms with Crippen LogP contribution in [0.3, 0.4) is 0 Å². The Morgan fingerprint density at radius 1 is 1.24 bits per heavy atom. The molecule has 0 bridgehead atoms. The first-order valence-corrected chi connectivity index (χ1v) is 8.45. The van der Waals surface area contributed by atoms with E-state index in [0.717, 1.165) is 56.6 Å². The van der Waals surface area contributed by atoms with Crippen molar-refractivity contribution in [2.45, 2.75) is 26.8 Å². The molecule has 21 heavy (non-hydrogen) atoms. The predicted molar refractivity (Wildman–Crippen MR) is 91.5 cm³/mol. The van der Waals surface area contributed by atoms with E-state index in [4.69, 9.17) is 9.72 Å². The van der Waals surface area contributed by atoms with Crippen LogP contribution in [0.1, 0.15) is 23.9 Å². The van der Waals surface area contributed by atoms with E-state index in [0.29, 0.717) is 0 Å². The number of aromatic nitrogens is 1. The number of aryl methyl sites for hydroxylation is 1. The highest BCUT2D eigenvalue weighted by Gasteiger charge is 2.13. The van der Waals surface area contributed by atoms with Gasteiger partial charge in [0.25, 0.3) is 0 Å². The Hall–Kier alpha value is -0.690. The van der Waals surface area contributed by atoms with Gasteiger partial charge in [-0.1, -0.05) is 6.92 Å². The third-order valence-electron chi connectivity index (χ3n) is 3.23. The molecule has 0 aliphatic rings. The molecule has 0 aromatic carbocycles. The van der Waals surface area contributed by atoms with E-state index < -0.39 is 0 Å². The molecule has 0 unspecified atom stereocenters. The highest BCUT2D eigenvalue weighted by molar-refractivity contribution is 7.15. The van der Waals surface area contributed by atoms with Crippen LogP contribution in [-0.4, -0.2) is 63.9 Å². The van der Waals surface area contributed by atoms with Crippen LogP contribution in [0, 0.1) is 6.92 Å². The normalized spacial score (nSPS) is 11.3. The molecular formula is C15H30N4OS. The third-order valence-corrected chi connectivity index (χ3v) is 4.45. The summed E-state index contributed by atoms with van der Waals surface area (Å²) in [4.78, 5) is 10.7. The van der Waals surface area contributed by atoms with E-state index >= 15 is 0 Å². The predicted octanol–water partition coefficient (Wildman–Crippen LogP) is 1.97. The van der Waals surface area contributed by atoms with Crippen LogP contribution in [0.2, 0.25) is 0 Å². The number of methoxy groups -OCH3 is 1. The summed E-state index contributed by atoms with van der Waals surface area (Å²) < 4.78 is 5.05. The molecule has 0 aliphatic heterocycles. The molecule has 122 valence electrons. The van der Waals surface area contributed by atoms with E-state index in [9.17, 15) is 0 Å². The van der Waals surface area contributed by atoms with Gasteiger partial charge in [0.15, 0.2) is 5.13 Å². The maximum Gasteiger partial charge on any atom is 0.185 e. The molecule has 0 saturated carbocycles. The zero-order valence-electron chi connectivity index (χ0n) is 14.1. The average molecular weight is 314 g/mol. The maximum atomic E-state index is 5.05. The number of hydrogen-bond acceptors (Lipinski definition) is 6. The van der Waals surface area contributed by atoms with Crippen LogP contribution in [0.25, 0.3) is 0 Å². The number of nitrogens with one attached hydrogen (secondary N) is 1. The van der Waals surface area contributed by atoms with Crippen LogP contribution in [0.15, 0.2) is 0 Å². The summed E-state index contributed by atoms with van der Waals surface area (Å²) in [5, 5.41) is 4.55. The summed E-state index contributed by atoms with van der Waals surface area (Å²) in [5.41, 5.74) is 1.14. The molecule has 0 radical (unpaired) electrons. The minimum atomic E-state index is 0.746. The summed E-state index contributed by atoms with van der Waals surface area (Å²) in [6.07, 6.45) is 1.15. The van der Waals surface area contributed by atoms with Crippen LogP contribution >= 0.6 is 11.3 Å². The van der Waals surface area contributed by atoms with Gasteiger partial charge < -0.3 is 19.9 Å². The molecular weight excluding hydrogens is 284 g/mol. The number of rotatable bonds is 11. The second-order valence-corrected chi connectivity index (χ2v) is 6.53. The summed E-state index contributed by atoms with van der Waals surface area (Å²) in [5.74, 6) is 0. The van der Waals surface area contributed by atoms with E-state index in [1.807, 2.05) is 11.3 Å². The van der Waals surface area contributed by atoms with Crippen LogP contribution in [0.4, 0.5) is 5.13 Å². The first-order valence-electron chi connectivity index (χ1n) is 7.64. The summed E-state index contributed by atoms with van der Waals surface area (Å²) >= 11 is 1.81. The Bertz CT molecular complexity index is 395. The van der Waals surface area contributed by atoms with Crippen molar-refractivity contribution in [1.29, 1.82) is 0 Å². The molecule has 0 atom stereocenters. The largest absolute Gasteiger partial charge is 0.383 e. The molecule has 1 N–H and O–H groups in total. The minimum absolute atomic E-state index is 0.746. The summed E-state index contributed by atoms with van der Waals surface area (Å²) in [6, 6.07) is 0. The summed E-state index contributed by atoms with van der Waals surface area (Å²) in [6.45, 7) is 9.97. The average Bonchev–Trinajstić information content (AvgIpc) is 2.80. The van der Waals surface area contributed by atoms with E-state index in [-0.39, 0.29) is 0 Å². The maximum absolute atomic E-state index is 5.05. The number of hydrogen-bond donors (Lipinski definition) is 1. The minimum Gasteiger partial charge on any atom is -0.383 e. The lowest BCUT2D eigenvalue weighted by atomic mass is 10.4. The first kappa shape index (κ1) is 18.4. The highest BCUT2D eigenvalue weighted by Crippen LogP contribution is 2.26. The summed E-state index contributed by atoms with van der Waals surface area (Å²) in [7, 11) is 5.95. The van der Waals surface area contributed by atoms with Crippen molar-refractivity contribution in [3.05, 3.63) is 10.6 Å². The second kappa shape index (κ2) is 10.1. The number of nitrogens with zero attached hydrogens (tertiary/aromatic N) is 3. The SMILES string of the molecule is CCCN(CCN(C)C)c1nc(C)c(CNCCOC)s1. The molecule has 0 fully saturated rings. The topological polar surface area (TPSA) is 40.6 Å². The molecule has 6 heteroatoms. The van der Waals surface area contributed by atoms with Crippen molar-refractivity contribution in [3.63, 3.8) is 0 Å². The van der Waals surface area contributed by atoms with Gasteiger partial charge in [-0.25, -0.2) is 4.98 Å². The lowest BCUT2D eigenvalue weighted by Crippen LogP contribution is -2.32. The molecule has 1 heterocycles. The molecule has 5 nitrogen and oxygen atoms in total. The van der Waals surface area contributed by atoms with Gasteiger partial charge in [-0.3, -0.25) is 0 Å². The molecule has 0 spiro atoms. The fraction of sp³-hybridized carbons (Fsp3) is 0.800. The Morgan fingerprint density at radius 3 is 2.62 bits per heavy atom. The molecule has 0 saturated heterocycles. The Labute approximate surface area is 133 Å². The fourth-order valence-corrected chi connectivity index (χ4v) is 3.06. The van der Waals surface area contributed by atoms with Crippen molar-refractivity contribution in [2.24, 2.45) is 0 Å². The van der Waals surface area contributed by atoms with Crippen LogP contribution < -0.4 is 10.2 Å².